The van der Waals surface area contributed by atoms with Crippen LogP contribution in [0, 0.1) is 16.0 Å². The van der Waals surface area contributed by atoms with Gasteiger partial charge in [-0.05, 0) is 46.7 Å². The van der Waals surface area contributed by atoms with Gasteiger partial charge in [0.1, 0.15) is 12.4 Å². The van der Waals surface area contributed by atoms with Gasteiger partial charge in [-0.25, -0.2) is 4.98 Å². The summed E-state index contributed by atoms with van der Waals surface area (Å²) in [6.45, 7) is 2.27. The molecule has 52 heavy (non-hydrogen) atoms. The molecule has 0 radical (unpaired) electrons. The van der Waals surface area contributed by atoms with Crippen molar-refractivity contribution in [3.05, 3.63) is 117 Å². The van der Waals surface area contributed by atoms with Crippen LogP contribution in [0.25, 0.3) is 22.5 Å². The third-order valence-electron chi connectivity index (χ3n) is 8.37. The maximum absolute atomic E-state index is 13.3. The molecule has 272 valence electrons. The number of nitrogens with zero attached hydrogens (tertiary/aromatic N) is 6. The number of carbonyl (C=O) groups excluding carboxylic acids is 2. The van der Waals surface area contributed by atoms with Crippen molar-refractivity contribution in [2.45, 2.75) is 65.0 Å². The Balaban J connectivity index is 1.26. The number of hydrogen-bond donors (Lipinski definition) is 1. The van der Waals surface area contributed by atoms with Crippen LogP contribution >= 0.6 is 11.6 Å². The lowest BCUT2D eigenvalue weighted by Gasteiger charge is -2.17. The number of rotatable bonds is 20. The molecule has 5 rings (SSSR count). The topological polar surface area (TPSA) is 177 Å². The number of nitrogens with one attached hydrogen (secondary N) is 1. The number of aromatic nitrogens is 6. The van der Waals surface area contributed by atoms with Crippen LogP contribution in [0.4, 0.5) is 0 Å². The third-order valence-corrected chi connectivity index (χ3v) is 8.67. The van der Waals surface area contributed by atoms with Crippen molar-refractivity contribution in [2.75, 3.05) is 13.2 Å². The van der Waals surface area contributed by atoms with E-state index in [0.29, 0.717) is 30.9 Å². The predicted molar refractivity (Wildman–Crippen MR) is 191 cm³/mol. The van der Waals surface area contributed by atoms with Crippen molar-refractivity contribution in [1.29, 1.82) is 0 Å². The Bertz CT molecular complexity index is 1900. The van der Waals surface area contributed by atoms with E-state index in [1.165, 1.54) is 0 Å². The SMILES string of the molecule is CCCCc1nc(Cl)c(COC(=O)C[C@H](COC(=O)CCCO[N+](=O)[O-])Cc2ccccc2)n1Cc1ccc(-c2ccccc2-c2nn[nH]n2)cc1. The largest absolute Gasteiger partial charge is 0.465 e. The summed E-state index contributed by atoms with van der Waals surface area (Å²) in [5.74, 6) is -0.0457. The minimum absolute atomic E-state index is 0.00610. The van der Waals surface area contributed by atoms with Gasteiger partial charge < -0.3 is 18.9 Å². The standard InChI is InChI=1S/C37H40ClN7O7/c1-2-3-14-33-39-36(38)32(44(33)23-27-16-18-29(19-17-27)30-12-7-8-13-31(30)37-40-42-43-41-37)25-51-35(47)22-28(21-26-10-5-4-6-11-26)24-50-34(46)15-9-20-52-45(48)49/h4-8,10-13,16-19,28H,2-3,9,14-15,20-25H2,1H3,(H,40,41,42,43)/t28-/m1/s1. The number of benzene rings is 3. The number of aryl methyl sites for hydroxylation is 1. The molecule has 2 aromatic heterocycles. The van der Waals surface area contributed by atoms with Crippen LogP contribution in [0.15, 0.2) is 78.9 Å². The summed E-state index contributed by atoms with van der Waals surface area (Å²) in [5.41, 5.74) is 5.40. The van der Waals surface area contributed by atoms with Gasteiger partial charge in [-0.2, -0.15) is 5.21 Å². The maximum Gasteiger partial charge on any atom is 0.306 e. The third kappa shape index (κ3) is 10.9. The van der Waals surface area contributed by atoms with E-state index in [0.717, 1.165) is 46.5 Å². The van der Waals surface area contributed by atoms with Crippen LogP contribution in [0.5, 0.6) is 0 Å². The molecule has 0 aliphatic rings. The summed E-state index contributed by atoms with van der Waals surface area (Å²) >= 11 is 6.67. The first-order valence-corrected chi connectivity index (χ1v) is 17.5. The van der Waals surface area contributed by atoms with E-state index < -0.39 is 17.0 Å². The highest BCUT2D eigenvalue weighted by Gasteiger charge is 2.22. The summed E-state index contributed by atoms with van der Waals surface area (Å²) in [7, 11) is 0. The van der Waals surface area contributed by atoms with Crippen LogP contribution in [-0.4, -0.2) is 60.4 Å². The molecule has 2 heterocycles. The van der Waals surface area contributed by atoms with Crippen LogP contribution in [0.1, 0.15) is 61.7 Å². The van der Waals surface area contributed by atoms with Gasteiger partial charge >= 0.3 is 11.9 Å². The fraction of sp³-hybridized carbons (Fsp3) is 0.351. The molecular weight excluding hydrogens is 690 g/mol. The number of ether oxygens (including phenoxy) is 2. The summed E-state index contributed by atoms with van der Waals surface area (Å²) in [4.78, 5) is 44.8. The Morgan fingerprint density at radius 1 is 0.942 bits per heavy atom. The van der Waals surface area contributed by atoms with Gasteiger partial charge in [0, 0.05) is 30.9 Å². The molecule has 0 bridgehead atoms. The van der Waals surface area contributed by atoms with Crippen molar-refractivity contribution < 1.29 is 29.0 Å². The zero-order valence-corrected chi connectivity index (χ0v) is 29.5. The minimum atomic E-state index is -0.905. The monoisotopic (exact) mass is 729 g/mol. The van der Waals surface area contributed by atoms with E-state index in [1.807, 2.05) is 83.4 Å². The van der Waals surface area contributed by atoms with Gasteiger partial charge in [0.25, 0.3) is 5.09 Å². The zero-order valence-electron chi connectivity index (χ0n) is 28.8. The Kier molecular flexibility index (Phi) is 13.8. The molecular formula is C37H40ClN7O7. The van der Waals surface area contributed by atoms with Crippen LogP contribution in [-0.2, 0) is 49.9 Å². The lowest BCUT2D eigenvalue weighted by molar-refractivity contribution is -0.757. The highest BCUT2D eigenvalue weighted by Crippen LogP contribution is 2.30. The highest BCUT2D eigenvalue weighted by atomic mass is 35.5. The van der Waals surface area contributed by atoms with Crippen molar-refractivity contribution in [3.63, 3.8) is 0 Å². The predicted octanol–water partition coefficient (Wildman–Crippen LogP) is 6.60. The van der Waals surface area contributed by atoms with Crippen LogP contribution in [0.2, 0.25) is 5.15 Å². The van der Waals surface area contributed by atoms with E-state index in [4.69, 9.17) is 21.1 Å². The zero-order chi connectivity index (χ0) is 36.7. The molecule has 1 atom stereocenters. The van der Waals surface area contributed by atoms with Gasteiger partial charge in [0.2, 0.25) is 5.82 Å². The van der Waals surface area contributed by atoms with E-state index in [-0.39, 0.29) is 50.2 Å². The van der Waals surface area contributed by atoms with E-state index >= 15 is 0 Å². The minimum Gasteiger partial charge on any atom is -0.465 e. The van der Waals surface area contributed by atoms with Crippen molar-refractivity contribution in [3.8, 4) is 22.5 Å². The number of tetrazole rings is 1. The number of esters is 2. The van der Waals surface area contributed by atoms with E-state index in [2.05, 4.69) is 37.4 Å². The quantitative estimate of drug-likeness (QED) is 0.0395. The number of hydrogen-bond acceptors (Lipinski definition) is 11. The number of imidazole rings is 1. The second-order valence-corrected chi connectivity index (χ2v) is 12.6. The molecule has 5 aromatic rings. The average molecular weight is 730 g/mol. The summed E-state index contributed by atoms with van der Waals surface area (Å²) < 4.78 is 13.2. The summed E-state index contributed by atoms with van der Waals surface area (Å²) in [5, 5.41) is 24.2. The molecule has 0 unspecified atom stereocenters. The highest BCUT2D eigenvalue weighted by molar-refractivity contribution is 6.30. The summed E-state index contributed by atoms with van der Waals surface area (Å²) in [6.07, 6.45) is 3.17. The fourth-order valence-corrected chi connectivity index (χ4v) is 6.01. The number of aromatic amines is 1. The molecule has 15 heteroatoms. The molecule has 1 N–H and O–H groups in total. The van der Waals surface area contributed by atoms with Crippen LogP contribution < -0.4 is 0 Å². The Morgan fingerprint density at radius 3 is 2.40 bits per heavy atom. The Labute approximate surface area is 305 Å². The second-order valence-electron chi connectivity index (χ2n) is 12.2. The van der Waals surface area contributed by atoms with Crippen molar-refractivity contribution >= 4 is 23.5 Å². The first-order chi connectivity index (χ1) is 25.3. The van der Waals surface area contributed by atoms with Crippen LogP contribution in [0.3, 0.4) is 0 Å². The number of halogens is 1. The first kappa shape index (κ1) is 37.6. The summed E-state index contributed by atoms with van der Waals surface area (Å²) in [6, 6.07) is 25.6. The Hall–Kier alpha value is -5.63. The second kappa shape index (κ2) is 19.1. The Morgan fingerprint density at radius 2 is 1.69 bits per heavy atom. The van der Waals surface area contributed by atoms with Gasteiger partial charge in [0.15, 0.2) is 5.15 Å². The molecule has 0 saturated heterocycles. The molecule has 14 nitrogen and oxygen atoms in total. The lowest BCUT2D eigenvalue weighted by Crippen LogP contribution is -2.21. The van der Waals surface area contributed by atoms with Gasteiger partial charge in [-0.15, -0.1) is 20.3 Å². The smallest absolute Gasteiger partial charge is 0.306 e. The number of unbranched alkanes of at least 4 members (excludes halogenated alkanes) is 1. The molecule has 0 amide bonds. The molecule has 0 aliphatic heterocycles. The van der Waals surface area contributed by atoms with Gasteiger partial charge in [0.05, 0.1) is 25.3 Å². The van der Waals surface area contributed by atoms with Crippen molar-refractivity contribution in [1.82, 2.24) is 30.2 Å². The first-order valence-electron chi connectivity index (χ1n) is 17.1. The van der Waals surface area contributed by atoms with Gasteiger partial charge in [-0.1, -0.05) is 104 Å². The molecule has 0 saturated carbocycles. The average Bonchev–Trinajstić information content (AvgIpc) is 3.79. The van der Waals surface area contributed by atoms with E-state index in [9.17, 15) is 19.7 Å². The molecule has 0 fully saturated rings. The fourth-order valence-electron chi connectivity index (χ4n) is 5.75. The molecule has 0 spiro atoms. The van der Waals surface area contributed by atoms with Gasteiger partial charge in [-0.3, -0.25) is 9.59 Å². The maximum atomic E-state index is 13.3. The number of carbonyl (C=O) groups is 2. The normalized spacial score (nSPS) is 11.6. The van der Waals surface area contributed by atoms with E-state index in [1.54, 1.807) is 0 Å². The molecule has 0 aliphatic carbocycles. The van der Waals surface area contributed by atoms with Crippen molar-refractivity contribution in [2.24, 2.45) is 5.92 Å². The lowest BCUT2D eigenvalue weighted by atomic mass is 9.97. The number of H-pyrrole nitrogens is 1. The molecule has 3 aromatic carbocycles.